The van der Waals surface area contributed by atoms with Crippen LogP contribution in [0.4, 0.5) is 10.1 Å². The molecule has 200 valence electrons. The zero-order valence-corrected chi connectivity index (χ0v) is 23.2. The van der Waals surface area contributed by atoms with Crippen LogP contribution in [0.2, 0.25) is 10.0 Å². The Morgan fingerprint density at radius 1 is 0.923 bits per heavy atom. The van der Waals surface area contributed by atoms with Crippen molar-refractivity contribution >= 4 is 66.6 Å². The summed E-state index contributed by atoms with van der Waals surface area (Å²) in [6.07, 6.45) is 0. The number of hydrogen-bond donors (Lipinski definition) is 1. The molecule has 0 bridgehead atoms. The fourth-order valence-corrected chi connectivity index (χ4v) is 6.39. The molecule has 5 rings (SSSR count). The maximum Gasteiger partial charge on any atom is 0.243 e. The van der Waals surface area contributed by atoms with Crippen LogP contribution in [0.15, 0.2) is 89.8 Å². The van der Waals surface area contributed by atoms with Gasteiger partial charge >= 0.3 is 0 Å². The Morgan fingerprint density at radius 2 is 1.64 bits per heavy atom. The van der Waals surface area contributed by atoms with Crippen LogP contribution in [0.1, 0.15) is 12.5 Å². The average molecular weight is 585 g/mol. The molecule has 0 aliphatic carbocycles. The number of nitrogens with zero attached hydrogens (tertiary/aromatic N) is 2. The lowest BCUT2D eigenvalue weighted by Crippen LogP contribution is -2.37. The molecule has 0 atom stereocenters. The van der Waals surface area contributed by atoms with Crippen LogP contribution in [-0.2, 0) is 27.9 Å². The second-order valence-corrected chi connectivity index (χ2v) is 11.8. The fourth-order valence-electron chi connectivity index (χ4n) is 4.67. The molecule has 0 fully saturated rings. The molecule has 39 heavy (non-hydrogen) atoms. The van der Waals surface area contributed by atoms with Gasteiger partial charge in [-0.15, -0.1) is 0 Å². The van der Waals surface area contributed by atoms with Crippen molar-refractivity contribution in [2.45, 2.75) is 24.9 Å². The molecule has 1 amide bonds. The van der Waals surface area contributed by atoms with Crippen molar-refractivity contribution in [1.82, 2.24) is 8.87 Å². The van der Waals surface area contributed by atoms with Gasteiger partial charge in [0.15, 0.2) is 0 Å². The number of aryl methyl sites for hydroxylation is 1. The molecule has 1 heterocycles. The van der Waals surface area contributed by atoms with Gasteiger partial charge in [0.2, 0.25) is 15.9 Å². The third kappa shape index (κ3) is 5.38. The van der Waals surface area contributed by atoms with E-state index in [2.05, 4.69) is 16.8 Å². The largest absolute Gasteiger partial charge is 0.341 e. The zero-order valence-electron chi connectivity index (χ0n) is 20.9. The lowest BCUT2D eigenvalue weighted by Gasteiger charge is -2.23. The molecule has 0 aliphatic heterocycles. The second kappa shape index (κ2) is 11.0. The second-order valence-electron chi connectivity index (χ2n) is 8.97. The van der Waals surface area contributed by atoms with Crippen molar-refractivity contribution in [2.75, 3.05) is 11.9 Å². The van der Waals surface area contributed by atoms with Gasteiger partial charge in [0, 0.05) is 56.2 Å². The van der Waals surface area contributed by atoms with E-state index < -0.39 is 34.8 Å². The molecule has 4 aromatic carbocycles. The maximum absolute atomic E-state index is 14.6. The van der Waals surface area contributed by atoms with Crippen LogP contribution in [0.25, 0.3) is 21.8 Å². The highest BCUT2D eigenvalue weighted by molar-refractivity contribution is 7.89. The highest BCUT2D eigenvalue weighted by Gasteiger charge is 2.29. The summed E-state index contributed by atoms with van der Waals surface area (Å²) < 4.78 is 44.8. The number of fused-ring (bicyclic) bond motifs is 3. The van der Waals surface area contributed by atoms with Gasteiger partial charge in [-0.2, -0.15) is 4.31 Å². The van der Waals surface area contributed by atoms with Gasteiger partial charge in [-0.25, -0.2) is 12.8 Å². The van der Waals surface area contributed by atoms with Crippen LogP contribution in [-0.4, -0.2) is 29.7 Å². The van der Waals surface area contributed by atoms with E-state index in [9.17, 15) is 17.6 Å². The van der Waals surface area contributed by atoms with Crippen molar-refractivity contribution in [3.63, 3.8) is 0 Å². The number of benzene rings is 4. The highest BCUT2D eigenvalue weighted by Crippen LogP contribution is 2.31. The number of para-hydroxylation sites is 1. The number of carbonyl (C=O) groups excluding carboxylic acids is 1. The third-order valence-corrected chi connectivity index (χ3v) is 8.95. The highest BCUT2D eigenvalue weighted by atomic mass is 35.5. The molecule has 0 saturated carbocycles. The number of carbonyl (C=O) groups is 1. The quantitative estimate of drug-likeness (QED) is 0.212. The van der Waals surface area contributed by atoms with Gasteiger partial charge in [0.05, 0.1) is 11.4 Å². The molecular formula is C29H24Cl2FN3O3S. The first-order valence-corrected chi connectivity index (χ1v) is 14.4. The monoisotopic (exact) mass is 583 g/mol. The smallest absolute Gasteiger partial charge is 0.243 e. The van der Waals surface area contributed by atoms with E-state index in [1.807, 2.05) is 36.4 Å². The minimum absolute atomic E-state index is 0.0294. The summed E-state index contributed by atoms with van der Waals surface area (Å²) in [4.78, 5) is 13.1. The summed E-state index contributed by atoms with van der Waals surface area (Å²) in [5.74, 6) is -1.25. The van der Waals surface area contributed by atoms with E-state index in [-0.39, 0.29) is 15.5 Å². The van der Waals surface area contributed by atoms with E-state index in [0.29, 0.717) is 10.7 Å². The molecule has 0 aliphatic rings. The predicted molar refractivity (Wildman–Crippen MR) is 154 cm³/mol. The van der Waals surface area contributed by atoms with Crippen LogP contribution in [0, 0.1) is 5.82 Å². The van der Waals surface area contributed by atoms with Crippen molar-refractivity contribution in [3.05, 3.63) is 106 Å². The predicted octanol–water partition coefficient (Wildman–Crippen LogP) is 7.09. The van der Waals surface area contributed by atoms with Gasteiger partial charge in [-0.3, -0.25) is 4.79 Å². The Balaban J connectivity index is 1.47. The Hall–Kier alpha value is -3.43. The summed E-state index contributed by atoms with van der Waals surface area (Å²) in [5, 5.41) is 5.23. The van der Waals surface area contributed by atoms with E-state index in [1.165, 1.54) is 42.5 Å². The molecule has 0 radical (unpaired) electrons. The van der Waals surface area contributed by atoms with Gasteiger partial charge in [-0.1, -0.05) is 47.5 Å². The first kappa shape index (κ1) is 27.1. The van der Waals surface area contributed by atoms with Crippen molar-refractivity contribution in [2.24, 2.45) is 0 Å². The SMILES string of the molecule is CCn1c2ccccc2c2cc(NC(=O)CN(Cc3c(F)cccc3Cl)S(=O)(=O)c3ccc(Cl)cc3)ccc21. The molecule has 10 heteroatoms. The molecule has 1 aromatic heterocycles. The zero-order chi connectivity index (χ0) is 27.7. The lowest BCUT2D eigenvalue weighted by molar-refractivity contribution is -0.116. The summed E-state index contributed by atoms with van der Waals surface area (Å²) in [6.45, 7) is 1.85. The number of halogens is 3. The van der Waals surface area contributed by atoms with Crippen LogP contribution in [0.5, 0.6) is 0 Å². The van der Waals surface area contributed by atoms with Gasteiger partial charge < -0.3 is 9.88 Å². The number of rotatable bonds is 8. The lowest BCUT2D eigenvalue weighted by atomic mass is 10.1. The van der Waals surface area contributed by atoms with Gasteiger partial charge in [-0.05, 0) is 67.6 Å². The number of hydrogen-bond acceptors (Lipinski definition) is 3. The van der Waals surface area contributed by atoms with Crippen LogP contribution >= 0.6 is 23.2 Å². The van der Waals surface area contributed by atoms with E-state index >= 15 is 0 Å². The first-order chi connectivity index (χ1) is 18.7. The van der Waals surface area contributed by atoms with Crippen molar-refractivity contribution in [1.29, 1.82) is 0 Å². The van der Waals surface area contributed by atoms with E-state index in [4.69, 9.17) is 23.2 Å². The summed E-state index contributed by atoms with van der Waals surface area (Å²) in [5.41, 5.74) is 2.59. The third-order valence-electron chi connectivity index (χ3n) is 6.54. The normalized spacial score (nSPS) is 11.9. The number of anilines is 1. The Kier molecular flexibility index (Phi) is 7.64. The molecule has 5 aromatic rings. The molecule has 1 N–H and O–H groups in total. The Morgan fingerprint density at radius 3 is 2.36 bits per heavy atom. The van der Waals surface area contributed by atoms with Crippen molar-refractivity contribution in [3.8, 4) is 0 Å². The maximum atomic E-state index is 14.6. The number of sulfonamides is 1. The van der Waals surface area contributed by atoms with Crippen LogP contribution in [0.3, 0.4) is 0 Å². The van der Waals surface area contributed by atoms with Gasteiger partial charge in [0.1, 0.15) is 5.82 Å². The molecule has 0 saturated heterocycles. The van der Waals surface area contributed by atoms with E-state index in [0.717, 1.165) is 32.7 Å². The number of amides is 1. The summed E-state index contributed by atoms with van der Waals surface area (Å²) >= 11 is 12.1. The molecular weight excluding hydrogens is 560 g/mol. The van der Waals surface area contributed by atoms with Gasteiger partial charge in [0.25, 0.3) is 0 Å². The Labute approximate surface area is 235 Å². The standard InChI is InChI=1S/C29H24Cl2FN3O3S/c1-2-35-27-9-4-3-6-22(27)23-16-20(12-15-28(23)35)33-29(36)18-34(17-24-25(31)7-5-8-26(24)32)39(37,38)21-13-10-19(30)11-14-21/h3-16H,2,17-18H2,1H3,(H,33,36). The molecule has 0 spiro atoms. The minimum atomic E-state index is -4.22. The fraction of sp³-hybridized carbons (Fsp3) is 0.138. The molecule has 6 nitrogen and oxygen atoms in total. The van der Waals surface area contributed by atoms with Crippen LogP contribution < -0.4 is 5.32 Å². The van der Waals surface area contributed by atoms with E-state index in [1.54, 1.807) is 6.07 Å². The topological polar surface area (TPSA) is 71.4 Å². The Bertz CT molecular complexity index is 1780. The summed E-state index contributed by atoms with van der Waals surface area (Å²) in [6, 6.07) is 23.2. The number of aromatic nitrogens is 1. The summed E-state index contributed by atoms with van der Waals surface area (Å²) in [7, 11) is -4.22. The average Bonchev–Trinajstić information content (AvgIpc) is 3.23. The minimum Gasteiger partial charge on any atom is -0.341 e. The number of nitrogens with one attached hydrogen (secondary N) is 1. The molecule has 0 unspecified atom stereocenters. The first-order valence-electron chi connectivity index (χ1n) is 12.2. The van der Waals surface area contributed by atoms with Crippen molar-refractivity contribution < 1.29 is 17.6 Å².